The summed E-state index contributed by atoms with van der Waals surface area (Å²) >= 11 is 0. The fourth-order valence-corrected chi connectivity index (χ4v) is 1.26. The van der Waals surface area contributed by atoms with E-state index in [-0.39, 0.29) is 0 Å². The van der Waals surface area contributed by atoms with Gasteiger partial charge in [-0.05, 0) is 24.3 Å². The molecule has 0 fully saturated rings. The van der Waals surface area contributed by atoms with Crippen LogP contribution in [0.5, 0.6) is 0 Å². The van der Waals surface area contributed by atoms with Crippen molar-refractivity contribution >= 4 is 22.2 Å². The van der Waals surface area contributed by atoms with Crippen LogP contribution in [0.4, 0.5) is 5.69 Å². The largest absolute Gasteiger partial charge is 0.298 e. The number of rotatable bonds is 3. The van der Waals surface area contributed by atoms with Gasteiger partial charge in [-0.3, -0.25) is 9.52 Å². The average Bonchev–Trinajstić information content (AvgIpc) is 2.03. The van der Waals surface area contributed by atoms with Crippen LogP contribution in [0, 0.1) is 0 Å². The number of anilines is 1. The van der Waals surface area contributed by atoms with Crippen LogP contribution < -0.4 is 9.86 Å². The molecule has 0 bridgehead atoms. The summed E-state index contributed by atoms with van der Waals surface area (Å²) in [5, 5.41) is 4.73. The summed E-state index contributed by atoms with van der Waals surface area (Å²) in [6.07, 6.45) is 0.667. The Kier molecular flexibility index (Phi) is 2.64. The van der Waals surface area contributed by atoms with Gasteiger partial charge in [0.05, 0.1) is 0 Å². The fraction of sp³-hybridized carbons (Fsp3) is 0. The minimum absolute atomic E-state index is 0.327. The third-order valence-corrected chi connectivity index (χ3v) is 1.83. The van der Waals surface area contributed by atoms with Crippen molar-refractivity contribution in [3.05, 3.63) is 29.8 Å². The van der Waals surface area contributed by atoms with Gasteiger partial charge in [-0.15, -0.1) is 0 Å². The minimum Gasteiger partial charge on any atom is -0.298 e. The predicted octanol–water partition coefficient (Wildman–Crippen LogP) is 0.114. The zero-order valence-corrected chi connectivity index (χ0v) is 7.41. The molecule has 1 aromatic carbocycles. The van der Waals surface area contributed by atoms with Gasteiger partial charge in [0, 0.05) is 11.3 Å². The first-order chi connectivity index (χ1) is 6.01. The maximum absolute atomic E-state index is 10.6. The third kappa shape index (κ3) is 3.22. The third-order valence-electron chi connectivity index (χ3n) is 1.31. The molecule has 0 saturated carbocycles. The summed E-state index contributed by atoms with van der Waals surface area (Å²) < 4.78 is 23.2. The van der Waals surface area contributed by atoms with Crippen molar-refractivity contribution in [2.45, 2.75) is 0 Å². The average molecular weight is 200 g/mol. The van der Waals surface area contributed by atoms with Crippen molar-refractivity contribution in [1.29, 1.82) is 0 Å². The van der Waals surface area contributed by atoms with Crippen molar-refractivity contribution in [2.24, 2.45) is 5.14 Å². The molecule has 1 rings (SSSR count). The zero-order valence-electron chi connectivity index (χ0n) is 6.60. The van der Waals surface area contributed by atoms with E-state index in [0.717, 1.165) is 0 Å². The Labute approximate surface area is 75.7 Å². The van der Waals surface area contributed by atoms with E-state index >= 15 is 0 Å². The molecule has 5 nitrogen and oxygen atoms in total. The normalized spacial score (nSPS) is 10.8. The number of carbonyl (C=O) groups is 1. The second-order valence-corrected chi connectivity index (χ2v) is 3.68. The molecule has 1 aromatic rings. The Morgan fingerprint density at radius 3 is 2.15 bits per heavy atom. The Morgan fingerprint density at radius 1 is 1.23 bits per heavy atom. The summed E-state index contributed by atoms with van der Waals surface area (Å²) in [4.78, 5) is 10.2. The summed E-state index contributed by atoms with van der Waals surface area (Å²) in [6.45, 7) is 0. The highest BCUT2D eigenvalue weighted by Gasteiger charge is 2.00. The van der Waals surface area contributed by atoms with Crippen LogP contribution >= 0.6 is 0 Å². The molecule has 3 N–H and O–H groups in total. The Bertz CT molecular complexity index is 396. The van der Waals surface area contributed by atoms with E-state index < -0.39 is 10.2 Å². The number of hydrogen-bond acceptors (Lipinski definition) is 3. The van der Waals surface area contributed by atoms with Crippen LogP contribution in [0.25, 0.3) is 0 Å². The van der Waals surface area contributed by atoms with E-state index in [4.69, 9.17) is 5.14 Å². The van der Waals surface area contributed by atoms with Gasteiger partial charge >= 0.3 is 0 Å². The fourth-order valence-electron chi connectivity index (χ4n) is 0.794. The second kappa shape index (κ2) is 3.55. The molecule has 6 heteroatoms. The minimum atomic E-state index is -3.74. The molecule has 0 unspecified atom stereocenters. The molecular formula is C7H8N2O3S. The Morgan fingerprint density at radius 2 is 1.77 bits per heavy atom. The Hall–Kier alpha value is -1.40. The maximum Gasteiger partial charge on any atom is 0.296 e. The van der Waals surface area contributed by atoms with Crippen molar-refractivity contribution < 1.29 is 13.2 Å². The lowest BCUT2D eigenvalue weighted by Crippen LogP contribution is -2.21. The standard InChI is InChI=1S/C7H8N2O3S/c8-13(11,12)9-7-3-1-6(5-10)2-4-7/h1-5,9H,(H2,8,11,12). The smallest absolute Gasteiger partial charge is 0.296 e. The number of benzene rings is 1. The van der Waals surface area contributed by atoms with E-state index in [1.165, 1.54) is 24.3 Å². The Balaban J connectivity index is 2.87. The van der Waals surface area contributed by atoms with Gasteiger partial charge in [0.1, 0.15) is 6.29 Å². The van der Waals surface area contributed by atoms with Gasteiger partial charge in [-0.2, -0.15) is 8.42 Å². The summed E-state index contributed by atoms with van der Waals surface area (Å²) in [5.74, 6) is 0. The van der Waals surface area contributed by atoms with E-state index in [1.54, 1.807) is 0 Å². The highest BCUT2D eigenvalue weighted by molar-refractivity contribution is 7.90. The molecule has 0 aliphatic heterocycles. The van der Waals surface area contributed by atoms with Crippen molar-refractivity contribution in [2.75, 3.05) is 4.72 Å². The molecule has 0 aromatic heterocycles. The van der Waals surface area contributed by atoms with Gasteiger partial charge < -0.3 is 0 Å². The molecule has 0 spiro atoms. The van der Waals surface area contributed by atoms with E-state index in [1.807, 2.05) is 0 Å². The lowest BCUT2D eigenvalue weighted by atomic mass is 10.2. The highest BCUT2D eigenvalue weighted by atomic mass is 32.2. The summed E-state index contributed by atoms with van der Waals surface area (Å²) in [7, 11) is -3.74. The zero-order chi connectivity index (χ0) is 9.90. The van der Waals surface area contributed by atoms with E-state index in [0.29, 0.717) is 17.5 Å². The molecular weight excluding hydrogens is 192 g/mol. The first-order valence-corrected chi connectivity index (χ1v) is 4.92. The van der Waals surface area contributed by atoms with Crippen LogP contribution in [0.15, 0.2) is 24.3 Å². The topological polar surface area (TPSA) is 89.3 Å². The van der Waals surface area contributed by atoms with Gasteiger partial charge in [0.25, 0.3) is 10.2 Å². The maximum atomic E-state index is 10.6. The SMILES string of the molecule is NS(=O)(=O)Nc1ccc(C=O)cc1. The van der Waals surface area contributed by atoms with E-state index in [2.05, 4.69) is 4.72 Å². The molecule has 0 amide bonds. The number of nitrogens with two attached hydrogens (primary N) is 1. The van der Waals surface area contributed by atoms with Gasteiger partial charge in [-0.1, -0.05) is 0 Å². The number of aldehydes is 1. The van der Waals surface area contributed by atoms with E-state index in [9.17, 15) is 13.2 Å². The highest BCUT2D eigenvalue weighted by Crippen LogP contribution is 2.08. The quantitative estimate of drug-likeness (QED) is 0.679. The molecule has 0 radical (unpaired) electrons. The number of hydrogen-bond donors (Lipinski definition) is 2. The van der Waals surface area contributed by atoms with Gasteiger partial charge in [0.2, 0.25) is 0 Å². The first kappa shape index (κ1) is 9.69. The van der Waals surface area contributed by atoms with Crippen LogP contribution in [0.2, 0.25) is 0 Å². The lowest BCUT2D eigenvalue weighted by Gasteiger charge is -2.02. The van der Waals surface area contributed by atoms with Crippen LogP contribution in [-0.2, 0) is 10.2 Å². The van der Waals surface area contributed by atoms with Crippen LogP contribution in [-0.4, -0.2) is 14.7 Å². The van der Waals surface area contributed by atoms with Crippen molar-refractivity contribution in [1.82, 2.24) is 0 Å². The van der Waals surface area contributed by atoms with Crippen molar-refractivity contribution in [3.63, 3.8) is 0 Å². The molecule has 70 valence electrons. The lowest BCUT2D eigenvalue weighted by molar-refractivity contribution is 0.112. The molecule has 0 saturated heterocycles. The summed E-state index contributed by atoms with van der Waals surface area (Å²) in [6, 6.07) is 5.88. The first-order valence-electron chi connectivity index (χ1n) is 3.37. The molecule has 0 aliphatic rings. The second-order valence-electron chi connectivity index (χ2n) is 2.39. The molecule has 0 atom stereocenters. The summed E-state index contributed by atoms with van der Waals surface area (Å²) in [5.41, 5.74) is 0.799. The predicted molar refractivity (Wildman–Crippen MR) is 48.6 cm³/mol. The van der Waals surface area contributed by atoms with Gasteiger partial charge in [0.15, 0.2) is 0 Å². The van der Waals surface area contributed by atoms with Crippen molar-refractivity contribution in [3.8, 4) is 0 Å². The molecule has 13 heavy (non-hydrogen) atoms. The number of nitrogens with one attached hydrogen (secondary N) is 1. The number of carbonyl (C=O) groups excluding carboxylic acids is 1. The molecule has 0 heterocycles. The van der Waals surface area contributed by atoms with Crippen LogP contribution in [0.3, 0.4) is 0 Å². The molecule has 0 aliphatic carbocycles. The van der Waals surface area contributed by atoms with Crippen LogP contribution in [0.1, 0.15) is 10.4 Å². The monoisotopic (exact) mass is 200 g/mol. The van der Waals surface area contributed by atoms with Gasteiger partial charge in [-0.25, -0.2) is 5.14 Å².